The standard InChI is InChI=1S/C20H21N3O3/c1-13-7-6-10-16(14(13)2)21-17(24)11-12-20(15-8-4-3-5-9-15)18(25)22-19(26)23-20/h3-10H,11-12H2,1-2H3,(H,21,24)(H2,22,23,25,26). The highest BCUT2D eigenvalue weighted by molar-refractivity contribution is 6.07. The first-order chi connectivity index (χ1) is 12.4. The number of urea groups is 1. The van der Waals surface area contributed by atoms with E-state index in [1.54, 1.807) is 24.3 Å². The predicted octanol–water partition coefficient (Wildman–Crippen LogP) is 2.76. The van der Waals surface area contributed by atoms with Crippen LogP contribution in [0.2, 0.25) is 0 Å². The van der Waals surface area contributed by atoms with Crippen molar-refractivity contribution < 1.29 is 14.4 Å². The van der Waals surface area contributed by atoms with Crippen molar-refractivity contribution in [3.63, 3.8) is 0 Å². The molecule has 2 aromatic rings. The molecule has 1 aliphatic rings. The van der Waals surface area contributed by atoms with Crippen molar-refractivity contribution in [3.8, 4) is 0 Å². The molecule has 6 heteroatoms. The van der Waals surface area contributed by atoms with Crippen LogP contribution in [0.1, 0.15) is 29.5 Å². The zero-order valence-corrected chi connectivity index (χ0v) is 14.8. The minimum absolute atomic E-state index is 0.0932. The van der Waals surface area contributed by atoms with E-state index in [0.29, 0.717) is 5.56 Å². The summed E-state index contributed by atoms with van der Waals surface area (Å²) in [7, 11) is 0. The molecule has 4 amide bonds. The second-order valence-electron chi connectivity index (χ2n) is 6.48. The minimum Gasteiger partial charge on any atom is -0.326 e. The van der Waals surface area contributed by atoms with E-state index in [0.717, 1.165) is 16.8 Å². The summed E-state index contributed by atoms with van der Waals surface area (Å²) in [6.07, 6.45) is 0.265. The summed E-state index contributed by atoms with van der Waals surface area (Å²) < 4.78 is 0. The van der Waals surface area contributed by atoms with Gasteiger partial charge in [0.25, 0.3) is 5.91 Å². The summed E-state index contributed by atoms with van der Waals surface area (Å²) in [5.41, 5.74) is 2.28. The van der Waals surface area contributed by atoms with Crippen LogP contribution < -0.4 is 16.0 Å². The average molecular weight is 351 g/mol. The topological polar surface area (TPSA) is 87.3 Å². The van der Waals surface area contributed by atoms with E-state index in [1.807, 2.05) is 38.1 Å². The Labute approximate surface area is 152 Å². The highest BCUT2D eigenvalue weighted by Gasteiger charge is 2.47. The molecule has 0 radical (unpaired) electrons. The van der Waals surface area contributed by atoms with E-state index in [1.165, 1.54) is 0 Å². The third-order valence-electron chi connectivity index (χ3n) is 4.81. The smallest absolute Gasteiger partial charge is 0.322 e. The number of nitrogens with one attached hydrogen (secondary N) is 3. The zero-order chi connectivity index (χ0) is 18.7. The fourth-order valence-corrected chi connectivity index (χ4v) is 3.14. The highest BCUT2D eigenvalue weighted by Crippen LogP contribution is 2.30. The molecule has 0 bridgehead atoms. The number of benzene rings is 2. The summed E-state index contributed by atoms with van der Waals surface area (Å²) >= 11 is 0. The summed E-state index contributed by atoms with van der Waals surface area (Å²) in [5, 5.41) is 7.86. The van der Waals surface area contributed by atoms with Crippen LogP contribution >= 0.6 is 0 Å². The zero-order valence-electron chi connectivity index (χ0n) is 14.8. The Morgan fingerprint density at radius 2 is 1.77 bits per heavy atom. The lowest BCUT2D eigenvalue weighted by molar-refractivity contribution is -0.125. The lowest BCUT2D eigenvalue weighted by Gasteiger charge is -2.26. The van der Waals surface area contributed by atoms with Crippen molar-refractivity contribution in [1.82, 2.24) is 10.6 Å². The van der Waals surface area contributed by atoms with E-state index in [4.69, 9.17) is 0 Å². The first-order valence-corrected chi connectivity index (χ1v) is 8.47. The van der Waals surface area contributed by atoms with Gasteiger partial charge in [0.2, 0.25) is 5.91 Å². The van der Waals surface area contributed by atoms with Gasteiger partial charge in [-0.15, -0.1) is 0 Å². The molecule has 1 unspecified atom stereocenters. The van der Waals surface area contributed by atoms with Crippen LogP contribution in [0, 0.1) is 13.8 Å². The second-order valence-corrected chi connectivity index (χ2v) is 6.48. The molecule has 3 rings (SSSR count). The van der Waals surface area contributed by atoms with Crippen molar-refractivity contribution in [2.24, 2.45) is 0 Å². The first kappa shape index (κ1) is 17.7. The lowest BCUT2D eigenvalue weighted by atomic mass is 9.85. The van der Waals surface area contributed by atoms with Gasteiger partial charge in [-0.05, 0) is 43.0 Å². The van der Waals surface area contributed by atoms with Gasteiger partial charge in [-0.3, -0.25) is 14.9 Å². The summed E-state index contributed by atoms with van der Waals surface area (Å²) in [4.78, 5) is 36.6. The number of amides is 4. The summed E-state index contributed by atoms with van der Waals surface area (Å²) in [5.74, 6) is -0.642. The van der Waals surface area contributed by atoms with Crippen molar-refractivity contribution in [1.29, 1.82) is 0 Å². The van der Waals surface area contributed by atoms with E-state index in [9.17, 15) is 14.4 Å². The largest absolute Gasteiger partial charge is 0.326 e. The normalized spacial score (nSPS) is 19.0. The van der Waals surface area contributed by atoms with Crippen LogP contribution in [-0.2, 0) is 15.1 Å². The van der Waals surface area contributed by atoms with Gasteiger partial charge in [-0.25, -0.2) is 4.79 Å². The number of aryl methyl sites for hydroxylation is 1. The molecule has 3 N–H and O–H groups in total. The molecule has 1 saturated heterocycles. The van der Waals surface area contributed by atoms with Crippen molar-refractivity contribution in [3.05, 3.63) is 65.2 Å². The third-order valence-corrected chi connectivity index (χ3v) is 4.81. The van der Waals surface area contributed by atoms with Gasteiger partial charge in [0.1, 0.15) is 5.54 Å². The van der Waals surface area contributed by atoms with Gasteiger partial charge in [-0.1, -0.05) is 42.5 Å². The van der Waals surface area contributed by atoms with E-state index in [-0.39, 0.29) is 18.7 Å². The van der Waals surface area contributed by atoms with Gasteiger partial charge in [0.15, 0.2) is 0 Å². The molecule has 1 atom stereocenters. The van der Waals surface area contributed by atoms with Crippen molar-refractivity contribution in [2.45, 2.75) is 32.2 Å². The third kappa shape index (κ3) is 3.31. The number of carbonyl (C=O) groups is 3. The van der Waals surface area contributed by atoms with Crippen LogP contribution in [-0.4, -0.2) is 17.8 Å². The fourth-order valence-electron chi connectivity index (χ4n) is 3.14. The number of rotatable bonds is 5. The van der Waals surface area contributed by atoms with Crippen LogP contribution in [0.15, 0.2) is 48.5 Å². The lowest BCUT2D eigenvalue weighted by Crippen LogP contribution is -2.44. The Kier molecular flexibility index (Phi) is 4.75. The van der Waals surface area contributed by atoms with Crippen molar-refractivity contribution >= 4 is 23.5 Å². The van der Waals surface area contributed by atoms with E-state index in [2.05, 4.69) is 16.0 Å². The molecule has 6 nitrogen and oxygen atoms in total. The Hall–Kier alpha value is -3.15. The van der Waals surface area contributed by atoms with Gasteiger partial charge >= 0.3 is 6.03 Å². The van der Waals surface area contributed by atoms with Crippen LogP contribution in [0.5, 0.6) is 0 Å². The minimum atomic E-state index is -1.22. The number of carbonyl (C=O) groups excluding carboxylic acids is 3. The van der Waals surface area contributed by atoms with Crippen LogP contribution in [0.4, 0.5) is 10.5 Å². The number of anilines is 1. The van der Waals surface area contributed by atoms with E-state index >= 15 is 0 Å². The summed E-state index contributed by atoms with van der Waals surface area (Å²) in [6, 6.07) is 14.1. The molecule has 1 heterocycles. The Balaban J connectivity index is 1.77. The predicted molar refractivity (Wildman–Crippen MR) is 98.6 cm³/mol. The monoisotopic (exact) mass is 351 g/mol. The molecule has 0 aliphatic carbocycles. The molecule has 0 spiro atoms. The highest BCUT2D eigenvalue weighted by atomic mass is 16.2. The van der Waals surface area contributed by atoms with E-state index < -0.39 is 17.5 Å². The number of imide groups is 1. The molecular formula is C20H21N3O3. The maximum Gasteiger partial charge on any atom is 0.322 e. The van der Waals surface area contributed by atoms with Gasteiger partial charge < -0.3 is 10.6 Å². The maximum absolute atomic E-state index is 12.5. The first-order valence-electron chi connectivity index (χ1n) is 8.47. The molecular weight excluding hydrogens is 330 g/mol. The SMILES string of the molecule is Cc1cccc(NC(=O)CCC2(c3ccccc3)NC(=O)NC2=O)c1C. The second kappa shape index (κ2) is 7.00. The van der Waals surface area contributed by atoms with Crippen LogP contribution in [0.3, 0.4) is 0 Å². The molecule has 2 aromatic carbocycles. The van der Waals surface area contributed by atoms with Gasteiger partial charge in [0.05, 0.1) is 0 Å². The maximum atomic E-state index is 12.5. The number of hydrogen-bond donors (Lipinski definition) is 3. The molecule has 0 saturated carbocycles. The Bertz CT molecular complexity index is 864. The fraction of sp³-hybridized carbons (Fsp3) is 0.250. The molecule has 0 aromatic heterocycles. The average Bonchev–Trinajstić information content (AvgIpc) is 2.92. The number of hydrogen-bond acceptors (Lipinski definition) is 3. The van der Waals surface area contributed by atoms with Gasteiger partial charge in [0, 0.05) is 12.1 Å². The quantitative estimate of drug-likeness (QED) is 0.724. The van der Waals surface area contributed by atoms with Gasteiger partial charge in [-0.2, -0.15) is 0 Å². The summed E-state index contributed by atoms with van der Waals surface area (Å²) in [6.45, 7) is 3.93. The molecule has 1 fully saturated rings. The van der Waals surface area contributed by atoms with Crippen molar-refractivity contribution in [2.75, 3.05) is 5.32 Å². The van der Waals surface area contributed by atoms with Crippen LogP contribution in [0.25, 0.3) is 0 Å². The molecule has 134 valence electrons. The Morgan fingerprint density at radius 1 is 1.04 bits per heavy atom. The Morgan fingerprint density at radius 3 is 2.42 bits per heavy atom. The molecule has 26 heavy (non-hydrogen) atoms. The molecule has 1 aliphatic heterocycles.